The lowest BCUT2D eigenvalue weighted by Crippen LogP contribution is -2.33. The Morgan fingerprint density at radius 1 is 1.00 bits per heavy atom. The number of rotatable bonds is 3. The van der Waals surface area contributed by atoms with Gasteiger partial charge in [-0.2, -0.15) is 22.0 Å². The van der Waals surface area contributed by atoms with Crippen LogP contribution in [0.25, 0.3) is 0 Å². The molecule has 148 valence electrons. The summed E-state index contributed by atoms with van der Waals surface area (Å²) in [6, 6.07) is 11.9. The standard InChI is InChI=1S/C10H13NO.C9H8F5N/c1-8(2)10(12)11-9-6-4-3-5-7-9;1-5-4-6(2-3-7(5)15)8(10,11)9(12,13)14/h3-8H,1-2H3,(H,11,12);2-4H,15H2,1H3. The van der Waals surface area contributed by atoms with Crippen molar-refractivity contribution >= 4 is 17.3 Å². The van der Waals surface area contributed by atoms with Gasteiger partial charge < -0.3 is 11.1 Å². The minimum Gasteiger partial charge on any atom is -0.399 e. The number of hydrogen-bond acceptors (Lipinski definition) is 2. The predicted molar refractivity (Wildman–Crippen MR) is 95.5 cm³/mol. The minimum atomic E-state index is -5.59. The van der Waals surface area contributed by atoms with E-state index in [1.165, 1.54) is 6.92 Å². The molecule has 2 rings (SSSR count). The zero-order valence-corrected chi connectivity index (χ0v) is 15.1. The van der Waals surface area contributed by atoms with E-state index in [0.717, 1.165) is 17.8 Å². The van der Waals surface area contributed by atoms with Crippen LogP contribution in [0.3, 0.4) is 0 Å². The van der Waals surface area contributed by atoms with Crippen molar-refractivity contribution in [1.29, 1.82) is 0 Å². The van der Waals surface area contributed by atoms with Crippen LogP contribution in [0.4, 0.5) is 33.3 Å². The van der Waals surface area contributed by atoms with Crippen molar-refractivity contribution in [3.63, 3.8) is 0 Å². The molecule has 0 atom stereocenters. The van der Waals surface area contributed by atoms with Crippen LogP contribution in [0.15, 0.2) is 48.5 Å². The Hall–Kier alpha value is -2.64. The van der Waals surface area contributed by atoms with E-state index in [1.54, 1.807) is 0 Å². The van der Waals surface area contributed by atoms with Crippen LogP contribution < -0.4 is 11.1 Å². The van der Waals surface area contributed by atoms with Crippen molar-refractivity contribution in [2.24, 2.45) is 5.92 Å². The Morgan fingerprint density at radius 2 is 1.56 bits per heavy atom. The smallest absolute Gasteiger partial charge is 0.399 e. The second-order valence-corrected chi connectivity index (χ2v) is 6.15. The molecule has 0 aromatic heterocycles. The molecule has 0 saturated heterocycles. The first-order valence-electron chi connectivity index (χ1n) is 8.03. The van der Waals surface area contributed by atoms with E-state index in [2.05, 4.69) is 5.32 Å². The van der Waals surface area contributed by atoms with Gasteiger partial charge in [-0.05, 0) is 36.8 Å². The molecule has 8 heteroatoms. The molecule has 0 fully saturated rings. The molecule has 27 heavy (non-hydrogen) atoms. The second kappa shape index (κ2) is 8.83. The summed E-state index contributed by atoms with van der Waals surface area (Å²) in [6.07, 6.45) is -5.59. The van der Waals surface area contributed by atoms with Gasteiger partial charge >= 0.3 is 12.1 Å². The van der Waals surface area contributed by atoms with E-state index in [1.807, 2.05) is 44.2 Å². The first-order chi connectivity index (χ1) is 12.4. The van der Waals surface area contributed by atoms with Crippen LogP contribution in [0.5, 0.6) is 0 Å². The molecule has 0 heterocycles. The maximum absolute atomic E-state index is 12.8. The van der Waals surface area contributed by atoms with E-state index < -0.39 is 17.7 Å². The largest absolute Gasteiger partial charge is 0.458 e. The Labute approximate surface area is 154 Å². The molecule has 0 saturated carbocycles. The molecule has 3 nitrogen and oxygen atoms in total. The third-order valence-electron chi connectivity index (χ3n) is 3.55. The molecule has 0 aliphatic heterocycles. The Kier molecular flexibility index (Phi) is 7.33. The normalized spacial score (nSPS) is 11.6. The van der Waals surface area contributed by atoms with E-state index in [0.29, 0.717) is 6.07 Å². The van der Waals surface area contributed by atoms with Gasteiger partial charge in [-0.15, -0.1) is 0 Å². The highest BCUT2D eigenvalue weighted by Gasteiger charge is 2.58. The second-order valence-electron chi connectivity index (χ2n) is 6.15. The number of hydrogen-bond donors (Lipinski definition) is 2. The molecule has 2 aromatic rings. The quantitative estimate of drug-likeness (QED) is 0.538. The predicted octanol–water partition coefficient (Wildman–Crippen LogP) is 5.51. The molecule has 0 aliphatic rings. The third kappa shape index (κ3) is 6.23. The molecule has 1 amide bonds. The van der Waals surface area contributed by atoms with Gasteiger partial charge in [0.05, 0.1) is 0 Å². The average Bonchev–Trinajstić information content (AvgIpc) is 2.57. The SMILES string of the molecule is CC(C)C(=O)Nc1ccccc1.Cc1cc(C(F)(F)C(F)(F)F)ccc1N. The van der Waals surface area contributed by atoms with Crippen molar-refractivity contribution in [3.05, 3.63) is 59.7 Å². The van der Waals surface area contributed by atoms with Crippen molar-refractivity contribution in [2.75, 3.05) is 11.1 Å². The highest BCUT2D eigenvalue weighted by Crippen LogP contribution is 2.44. The molecule has 0 radical (unpaired) electrons. The highest BCUT2D eigenvalue weighted by molar-refractivity contribution is 5.91. The number of carbonyl (C=O) groups is 1. The molecular weight excluding hydrogens is 367 g/mol. The Bertz CT molecular complexity index is 758. The topological polar surface area (TPSA) is 55.1 Å². The van der Waals surface area contributed by atoms with Crippen molar-refractivity contribution < 1.29 is 26.7 Å². The van der Waals surface area contributed by atoms with Gasteiger partial charge in [0.1, 0.15) is 0 Å². The number of halogens is 5. The number of anilines is 2. The maximum atomic E-state index is 12.8. The molecule has 0 unspecified atom stereocenters. The zero-order valence-electron chi connectivity index (χ0n) is 15.1. The number of amides is 1. The highest BCUT2D eigenvalue weighted by atomic mass is 19.4. The monoisotopic (exact) mass is 388 g/mol. The summed E-state index contributed by atoms with van der Waals surface area (Å²) in [7, 11) is 0. The van der Waals surface area contributed by atoms with Crippen LogP contribution in [-0.4, -0.2) is 12.1 Å². The lowest BCUT2D eigenvalue weighted by atomic mass is 10.0. The third-order valence-corrected chi connectivity index (χ3v) is 3.55. The fourth-order valence-corrected chi connectivity index (χ4v) is 1.84. The van der Waals surface area contributed by atoms with Crippen LogP contribution >= 0.6 is 0 Å². The van der Waals surface area contributed by atoms with E-state index >= 15 is 0 Å². The summed E-state index contributed by atoms with van der Waals surface area (Å²) in [4.78, 5) is 11.2. The first-order valence-corrected chi connectivity index (χ1v) is 8.03. The van der Waals surface area contributed by atoms with E-state index in [9.17, 15) is 26.7 Å². The minimum absolute atomic E-state index is 0.0326. The van der Waals surface area contributed by atoms with Gasteiger partial charge in [0.25, 0.3) is 0 Å². The fourth-order valence-electron chi connectivity index (χ4n) is 1.84. The summed E-state index contributed by atoms with van der Waals surface area (Å²) in [5, 5.41) is 2.80. The number of nitrogen functional groups attached to an aromatic ring is 1. The summed E-state index contributed by atoms with van der Waals surface area (Å²) in [5.74, 6) is -4.75. The number of carbonyl (C=O) groups excluding carboxylic acids is 1. The summed E-state index contributed by atoms with van der Waals surface area (Å²) in [6.45, 7) is 5.11. The number of alkyl halides is 5. The van der Waals surface area contributed by atoms with Crippen LogP contribution in [0, 0.1) is 12.8 Å². The van der Waals surface area contributed by atoms with E-state index in [4.69, 9.17) is 5.73 Å². The van der Waals surface area contributed by atoms with Gasteiger partial charge in [-0.1, -0.05) is 38.1 Å². The van der Waals surface area contributed by atoms with Crippen molar-refractivity contribution in [1.82, 2.24) is 0 Å². The average molecular weight is 388 g/mol. The van der Waals surface area contributed by atoms with Crippen molar-refractivity contribution in [2.45, 2.75) is 32.9 Å². The van der Waals surface area contributed by atoms with Crippen LogP contribution in [-0.2, 0) is 10.7 Å². The zero-order chi connectivity index (χ0) is 20.8. The van der Waals surface area contributed by atoms with Gasteiger partial charge in [-0.3, -0.25) is 4.79 Å². The van der Waals surface area contributed by atoms with Gasteiger partial charge in [0.15, 0.2) is 0 Å². The Balaban J connectivity index is 0.000000277. The molecule has 0 bridgehead atoms. The first kappa shape index (κ1) is 22.4. The molecular formula is C19H21F5N2O. The van der Waals surface area contributed by atoms with Crippen LogP contribution in [0.2, 0.25) is 0 Å². The molecule has 0 aliphatic carbocycles. The lowest BCUT2D eigenvalue weighted by Gasteiger charge is -2.20. The lowest BCUT2D eigenvalue weighted by molar-refractivity contribution is -0.289. The number of benzene rings is 2. The number of aryl methyl sites for hydroxylation is 1. The van der Waals surface area contributed by atoms with Gasteiger partial charge in [-0.25, -0.2) is 0 Å². The van der Waals surface area contributed by atoms with Crippen molar-refractivity contribution in [3.8, 4) is 0 Å². The van der Waals surface area contributed by atoms with Gasteiger partial charge in [0.2, 0.25) is 5.91 Å². The van der Waals surface area contributed by atoms with Crippen LogP contribution in [0.1, 0.15) is 25.0 Å². The van der Waals surface area contributed by atoms with E-state index in [-0.39, 0.29) is 23.1 Å². The molecule has 2 aromatic carbocycles. The fraction of sp³-hybridized carbons (Fsp3) is 0.316. The number of nitrogens with one attached hydrogen (secondary N) is 1. The van der Waals surface area contributed by atoms with Gasteiger partial charge in [0, 0.05) is 22.9 Å². The number of nitrogens with two attached hydrogens (primary N) is 1. The summed E-state index contributed by atoms with van der Waals surface area (Å²) < 4.78 is 61.5. The summed E-state index contributed by atoms with van der Waals surface area (Å²) >= 11 is 0. The molecule has 3 N–H and O–H groups in total. The summed E-state index contributed by atoms with van der Waals surface area (Å²) in [5.41, 5.74) is 5.45. The molecule has 0 spiro atoms. The number of para-hydroxylation sites is 1. The maximum Gasteiger partial charge on any atom is 0.458 e. The Morgan fingerprint density at radius 3 is 2.00 bits per heavy atom.